The van der Waals surface area contributed by atoms with E-state index < -0.39 is 0 Å². The van der Waals surface area contributed by atoms with E-state index in [4.69, 9.17) is 4.74 Å². The van der Waals surface area contributed by atoms with E-state index in [2.05, 4.69) is 22.9 Å². The third kappa shape index (κ3) is 3.23. The molecule has 0 aromatic heterocycles. The SMILES string of the molecule is COC1CCN(CC2(C#N)CCN(C)CC2)CC1. The molecule has 0 unspecified atom stereocenters. The Kier molecular flexibility index (Phi) is 4.60. The molecule has 0 spiro atoms. The smallest absolute Gasteiger partial charge is 0.0725 e. The lowest BCUT2D eigenvalue weighted by Gasteiger charge is -2.41. The average Bonchev–Trinajstić information content (AvgIpc) is 2.43. The van der Waals surface area contributed by atoms with Gasteiger partial charge in [-0.1, -0.05) is 0 Å². The highest BCUT2D eigenvalue weighted by atomic mass is 16.5. The van der Waals surface area contributed by atoms with Gasteiger partial charge >= 0.3 is 0 Å². The van der Waals surface area contributed by atoms with Gasteiger partial charge in [0.2, 0.25) is 0 Å². The van der Waals surface area contributed by atoms with E-state index in [0.29, 0.717) is 6.10 Å². The van der Waals surface area contributed by atoms with Crippen molar-refractivity contribution in [2.24, 2.45) is 5.41 Å². The molecule has 2 heterocycles. The molecule has 2 fully saturated rings. The van der Waals surface area contributed by atoms with Gasteiger partial charge in [-0.05, 0) is 45.8 Å². The van der Waals surface area contributed by atoms with Crippen LogP contribution in [0.1, 0.15) is 25.7 Å². The molecule has 0 bridgehead atoms. The first-order valence-corrected chi connectivity index (χ1v) is 7.02. The number of methoxy groups -OCH3 is 1. The quantitative estimate of drug-likeness (QED) is 0.759. The van der Waals surface area contributed by atoms with Crippen molar-refractivity contribution in [2.45, 2.75) is 31.8 Å². The second-order valence-corrected chi connectivity index (χ2v) is 5.91. The number of ether oxygens (including phenoxy) is 1. The molecule has 0 saturated carbocycles. The summed E-state index contributed by atoms with van der Waals surface area (Å²) in [5, 5.41) is 9.54. The number of hydrogen-bond donors (Lipinski definition) is 0. The predicted molar refractivity (Wildman–Crippen MR) is 71.2 cm³/mol. The van der Waals surface area contributed by atoms with Gasteiger partial charge in [-0.3, -0.25) is 0 Å². The largest absolute Gasteiger partial charge is 0.381 e. The van der Waals surface area contributed by atoms with Crippen LogP contribution in [0.3, 0.4) is 0 Å². The van der Waals surface area contributed by atoms with Gasteiger partial charge in [-0.15, -0.1) is 0 Å². The molecule has 4 nitrogen and oxygen atoms in total. The highest BCUT2D eigenvalue weighted by molar-refractivity contribution is 5.03. The molecule has 18 heavy (non-hydrogen) atoms. The number of nitrogens with zero attached hydrogens (tertiary/aromatic N) is 3. The van der Waals surface area contributed by atoms with Gasteiger partial charge in [0.05, 0.1) is 17.6 Å². The summed E-state index contributed by atoms with van der Waals surface area (Å²) in [7, 11) is 3.94. The molecule has 2 aliphatic heterocycles. The van der Waals surface area contributed by atoms with Gasteiger partial charge in [-0.2, -0.15) is 5.26 Å². The van der Waals surface area contributed by atoms with Crippen LogP contribution in [0.2, 0.25) is 0 Å². The van der Waals surface area contributed by atoms with Crippen LogP contribution < -0.4 is 0 Å². The molecule has 0 N–H and O–H groups in total. The van der Waals surface area contributed by atoms with Crippen LogP contribution in [0.4, 0.5) is 0 Å². The van der Waals surface area contributed by atoms with Crippen molar-refractivity contribution in [1.82, 2.24) is 9.80 Å². The first-order valence-electron chi connectivity index (χ1n) is 7.02. The number of likely N-dealkylation sites (tertiary alicyclic amines) is 2. The summed E-state index contributed by atoms with van der Waals surface area (Å²) in [4.78, 5) is 4.79. The van der Waals surface area contributed by atoms with E-state index in [-0.39, 0.29) is 5.41 Å². The normalized spacial score (nSPS) is 26.9. The van der Waals surface area contributed by atoms with Crippen LogP contribution in [0.25, 0.3) is 0 Å². The topological polar surface area (TPSA) is 39.5 Å². The Morgan fingerprint density at radius 2 is 1.83 bits per heavy atom. The van der Waals surface area contributed by atoms with Crippen molar-refractivity contribution in [1.29, 1.82) is 5.26 Å². The molecule has 2 saturated heterocycles. The fourth-order valence-electron chi connectivity index (χ4n) is 3.08. The molecule has 4 heteroatoms. The van der Waals surface area contributed by atoms with E-state index in [1.807, 2.05) is 0 Å². The zero-order valence-electron chi connectivity index (χ0n) is 11.7. The van der Waals surface area contributed by atoms with Crippen molar-refractivity contribution in [3.63, 3.8) is 0 Å². The van der Waals surface area contributed by atoms with Crippen LogP contribution in [0.5, 0.6) is 0 Å². The number of nitriles is 1. The minimum atomic E-state index is -0.105. The lowest BCUT2D eigenvalue weighted by atomic mass is 9.79. The van der Waals surface area contributed by atoms with Crippen molar-refractivity contribution in [3.05, 3.63) is 0 Å². The zero-order valence-corrected chi connectivity index (χ0v) is 11.7. The standard InChI is InChI=1S/C14H25N3O/c1-16-9-5-14(11-15,6-10-16)12-17-7-3-13(18-2)4-8-17/h13H,3-10,12H2,1-2H3. The van der Waals surface area contributed by atoms with Gasteiger partial charge in [-0.25, -0.2) is 0 Å². The van der Waals surface area contributed by atoms with Crippen LogP contribution >= 0.6 is 0 Å². The molecular formula is C14H25N3O. The molecule has 0 aliphatic carbocycles. The summed E-state index contributed by atoms with van der Waals surface area (Å²) in [6, 6.07) is 2.61. The second kappa shape index (κ2) is 6.01. The first kappa shape index (κ1) is 13.8. The Morgan fingerprint density at radius 3 is 2.33 bits per heavy atom. The maximum absolute atomic E-state index is 9.54. The molecule has 0 atom stereocenters. The highest BCUT2D eigenvalue weighted by Gasteiger charge is 2.36. The Hall–Kier alpha value is -0.630. The lowest BCUT2D eigenvalue weighted by Crippen LogP contribution is -2.47. The first-order chi connectivity index (χ1) is 8.67. The van der Waals surface area contributed by atoms with Crippen molar-refractivity contribution in [2.75, 3.05) is 46.9 Å². The fourth-order valence-corrected chi connectivity index (χ4v) is 3.08. The van der Waals surface area contributed by atoms with Crippen LogP contribution in [0.15, 0.2) is 0 Å². The van der Waals surface area contributed by atoms with E-state index in [1.54, 1.807) is 7.11 Å². The maximum Gasteiger partial charge on any atom is 0.0725 e. The van der Waals surface area contributed by atoms with E-state index in [0.717, 1.165) is 58.4 Å². The molecule has 2 rings (SSSR count). The van der Waals surface area contributed by atoms with E-state index in [1.165, 1.54) is 0 Å². The van der Waals surface area contributed by atoms with E-state index in [9.17, 15) is 5.26 Å². The minimum Gasteiger partial charge on any atom is -0.381 e. The van der Waals surface area contributed by atoms with Gasteiger partial charge in [0.25, 0.3) is 0 Å². The third-order valence-electron chi connectivity index (χ3n) is 4.58. The molecule has 2 aliphatic rings. The number of piperidine rings is 2. The van der Waals surface area contributed by atoms with Crippen molar-refractivity contribution < 1.29 is 4.74 Å². The summed E-state index contributed by atoms with van der Waals surface area (Å²) in [6.07, 6.45) is 4.68. The summed E-state index contributed by atoms with van der Waals surface area (Å²) in [5.41, 5.74) is -0.105. The van der Waals surface area contributed by atoms with Gasteiger partial charge in [0.1, 0.15) is 0 Å². The van der Waals surface area contributed by atoms with Crippen LogP contribution in [0, 0.1) is 16.7 Å². The maximum atomic E-state index is 9.54. The van der Waals surface area contributed by atoms with Gasteiger partial charge < -0.3 is 14.5 Å². The highest BCUT2D eigenvalue weighted by Crippen LogP contribution is 2.32. The lowest BCUT2D eigenvalue weighted by molar-refractivity contribution is 0.0246. The Balaban J connectivity index is 1.86. The van der Waals surface area contributed by atoms with Gasteiger partial charge in [0.15, 0.2) is 0 Å². The summed E-state index contributed by atoms with van der Waals surface area (Å²) >= 11 is 0. The fraction of sp³-hybridized carbons (Fsp3) is 0.929. The number of rotatable bonds is 3. The zero-order chi connectivity index (χ0) is 13.0. The molecular weight excluding hydrogens is 226 g/mol. The Morgan fingerprint density at radius 1 is 1.22 bits per heavy atom. The average molecular weight is 251 g/mol. The Labute approximate surface area is 110 Å². The summed E-state index contributed by atoms with van der Waals surface area (Å²) in [5.74, 6) is 0. The summed E-state index contributed by atoms with van der Waals surface area (Å²) in [6.45, 7) is 5.23. The molecule has 0 aromatic carbocycles. The van der Waals surface area contributed by atoms with Crippen molar-refractivity contribution in [3.8, 4) is 6.07 Å². The Bertz CT molecular complexity index is 297. The summed E-state index contributed by atoms with van der Waals surface area (Å²) < 4.78 is 5.40. The monoisotopic (exact) mass is 251 g/mol. The van der Waals surface area contributed by atoms with Gasteiger partial charge in [0, 0.05) is 26.7 Å². The predicted octanol–water partition coefficient (Wildman–Crippen LogP) is 1.33. The molecule has 102 valence electrons. The molecule has 0 aromatic rings. The third-order valence-corrected chi connectivity index (χ3v) is 4.58. The van der Waals surface area contributed by atoms with Crippen LogP contribution in [-0.4, -0.2) is 62.8 Å². The minimum absolute atomic E-state index is 0.105. The number of hydrogen-bond acceptors (Lipinski definition) is 4. The van der Waals surface area contributed by atoms with Crippen molar-refractivity contribution >= 4 is 0 Å². The second-order valence-electron chi connectivity index (χ2n) is 5.91. The van der Waals surface area contributed by atoms with E-state index >= 15 is 0 Å². The molecule has 0 radical (unpaired) electrons. The van der Waals surface area contributed by atoms with Crippen LogP contribution in [-0.2, 0) is 4.74 Å². The molecule has 0 amide bonds.